The van der Waals surface area contributed by atoms with E-state index in [4.69, 9.17) is 0 Å². The van der Waals surface area contributed by atoms with Crippen molar-refractivity contribution in [2.45, 2.75) is 26.7 Å². The van der Waals surface area contributed by atoms with Gasteiger partial charge in [-0.1, -0.05) is 20.4 Å². The van der Waals surface area contributed by atoms with E-state index in [9.17, 15) is 0 Å². The molecule has 1 N–H and O–H groups in total. The van der Waals surface area contributed by atoms with Crippen LogP contribution in [0.15, 0.2) is 12.2 Å². The first-order chi connectivity index (χ1) is 6.24. The van der Waals surface area contributed by atoms with Crippen LogP contribution >= 0.6 is 0 Å². The number of nitrogens with one attached hydrogen (secondary N) is 1. The Balaban J connectivity index is 3.71. The first-order valence-electron chi connectivity index (χ1n) is 5.28. The van der Waals surface area contributed by atoms with E-state index in [1.54, 1.807) is 0 Å². The predicted molar refractivity (Wildman–Crippen MR) is 60.1 cm³/mol. The topological polar surface area (TPSA) is 15.3 Å². The summed E-state index contributed by atoms with van der Waals surface area (Å²) >= 11 is 0. The summed E-state index contributed by atoms with van der Waals surface area (Å²) in [6, 6.07) is 0. The van der Waals surface area contributed by atoms with Gasteiger partial charge in [0.25, 0.3) is 0 Å². The van der Waals surface area contributed by atoms with Gasteiger partial charge in [-0.3, -0.25) is 4.90 Å². The number of likely N-dealkylation sites (N-methyl/N-ethyl adjacent to an activating group) is 1. The van der Waals surface area contributed by atoms with E-state index in [0.717, 1.165) is 13.1 Å². The maximum absolute atomic E-state index is 4.04. The molecular weight excluding hydrogens is 160 g/mol. The average Bonchev–Trinajstić information content (AvgIpc) is 2.05. The number of hydrogen-bond acceptors (Lipinski definition) is 2. The Morgan fingerprint density at radius 2 is 1.77 bits per heavy atom. The minimum Gasteiger partial charge on any atom is -0.316 e. The Morgan fingerprint density at radius 1 is 1.23 bits per heavy atom. The van der Waals surface area contributed by atoms with Crippen molar-refractivity contribution in [3.63, 3.8) is 0 Å². The van der Waals surface area contributed by atoms with Gasteiger partial charge in [0, 0.05) is 13.1 Å². The molecule has 0 bridgehead atoms. The summed E-state index contributed by atoms with van der Waals surface area (Å²) in [5.74, 6) is 0. The van der Waals surface area contributed by atoms with Gasteiger partial charge in [-0.05, 0) is 38.6 Å². The van der Waals surface area contributed by atoms with E-state index in [-0.39, 0.29) is 0 Å². The minimum atomic E-state index is 0.934. The van der Waals surface area contributed by atoms with Crippen molar-refractivity contribution < 1.29 is 0 Å². The zero-order valence-corrected chi connectivity index (χ0v) is 9.40. The molecule has 0 atom stereocenters. The first-order valence-corrected chi connectivity index (χ1v) is 5.28. The molecule has 2 heteroatoms. The van der Waals surface area contributed by atoms with Gasteiger partial charge in [0.05, 0.1) is 0 Å². The third-order valence-corrected chi connectivity index (χ3v) is 1.95. The average molecular weight is 184 g/mol. The predicted octanol–water partition coefficient (Wildman–Crippen LogP) is 1.88. The van der Waals surface area contributed by atoms with Gasteiger partial charge >= 0.3 is 0 Å². The van der Waals surface area contributed by atoms with Crippen molar-refractivity contribution >= 4 is 0 Å². The van der Waals surface area contributed by atoms with Gasteiger partial charge < -0.3 is 5.32 Å². The second kappa shape index (κ2) is 8.27. The van der Waals surface area contributed by atoms with Crippen molar-refractivity contribution in [2.75, 3.05) is 33.2 Å². The van der Waals surface area contributed by atoms with Crippen LogP contribution in [-0.4, -0.2) is 38.1 Å². The molecule has 2 nitrogen and oxygen atoms in total. The summed E-state index contributed by atoms with van der Waals surface area (Å²) in [7, 11) is 1.97. The fourth-order valence-corrected chi connectivity index (χ4v) is 1.52. The Morgan fingerprint density at radius 3 is 2.15 bits per heavy atom. The standard InChI is InChI=1S/C11H24N2/c1-5-7-13(8-6-2)10-11(3)9-12-4/h12H,3,5-10H2,1-2,4H3. The molecule has 0 saturated heterocycles. The van der Waals surface area contributed by atoms with E-state index in [2.05, 4.69) is 30.6 Å². The summed E-state index contributed by atoms with van der Waals surface area (Å²) in [5.41, 5.74) is 1.28. The molecule has 0 aliphatic rings. The Hall–Kier alpha value is -0.340. The molecule has 0 aliphatic carbocycles. The largest absolute Gasteiger partial charge is 0.316 e. The molecule has 0 amide bonds. The van der Waals surface area contributed by atoms with Crippen LogP contribution in [-0.2, 0) is 0 Å². The van der Waals surface area contributed by atoms with Gasteiger partial charge in [0.1, 0.15) is 0 Å². The Bertz CT molecular complexity index is 126. The lowest BCUT2D eigenvalue weighted by atomic mass is 10.2. The van der Waals surface area contributed by atoms with Crippen molar-refractivity contribution in [3.05, 3.63) is 12.2 Å². The smallest absolute Gasteiger partial charge is 0.0202 e. The lowest BCUT2D eigenvalue weighted by Gasteiger charge is -2.21. The minimum absolute atomic E-state index is 0.934. The summed E-state index contributed by atoms with van der Waals surface area (Å²) in [6.45, 7) is 12.9. The van der Waals surface area contributed by atoms with Gasteiger partial charge in [-0.2, -0.15) is 0 Å². The zero-order chi connectivity index (χ0) is 10.1. The molecule has 0 heterocycles. The molecule has 0 spiro atoms. The fraction of sp³-hybridized carbons (Fsp3) is 0.818. The number of nitrogens with zero attached hydrogens (tertiary/aromatic N) is 1. The quantitative estimate of drug-likeness (QED) is 0.579. The molecule has 0 saturated carbocycles. The van der Waals surface area contributed by atoms with Crippen LogP contribution in [0.2, 0.25) is 0 Å². The molecular formula is C11H24N2. The van der Waals surface area contributed by atoms with E-state index < -0.39 is 0 Å². The van der Waals surface area contributed by atoms with Crippen LogP contribution in [0.1, 0.15) is 26.7 Å². The third-order valence-electron chi connectivity index (χ3n) is 1.95. The molecule has 0 aromatic rings. The van der Waals surface area contributed by atoms with Crippen LogP contribution in [0.4, 0.5) is 0 Å². The van der Waals surface area contributed by atoms with Crippen molar-refractivity contribution in [2.24, 2.45) is 0 Å². The van der Waals surface area contributed by atoms with E-state index in [1.807, 2.05) is 7.05 Å². The SMILES string of the molecule is C=C(CNC)CN(CCC)CCC. The normalized spacial score (nSPS) is 10.8. The van der Waals surface area contributed by atoms with Crippen molar-refractivity contribution in [1.29, 1.82) is 0 Å². The lowest BCUT2D eigenvalue weighted by Crippen LogP contribution is -2.29. The second-order valence-corrected chi connectivity index (χ2v) is 3.56. The van der Waals surface area contributed by atoms with Crippen LogP contribution in [0.3, 0.4) is 0 Å². The number of rotatable bonds is 8. The fourth-order valence-electron chi connectivity index (χ4n) is 1.52. The van der Waals surface area contributed by atoms with Crippen LogP contribution in [0, 0.1) is 0 Å². The molecule has 13 heavy (non-hydrogen) atoms. The highest BCUT2D eigenvalue weighted by molar-refractivity contribution is 4.99. The maximum Gasteiger partial charge on any atom is 0.0202 e. The monoisotopic (exact) mass is 184 g/mol. The van der Waals surface area contributed by atoms with Gasteiger partial charge in [-0.15, -0.1) is 0 Å². The van der Waals surface area contributed by atoms with Crippen molar-refractivity contribution in [3.8, 4) is 0 Å². The van der Waals surface area contributed by atoms with Crippen molar-refractivity contribution in [1.82, 2.24) is 10.2 Å². The lowest BCUT2D eigenvalue weighted by molar-refractivity contribution is 0.295. The van der Waals surface area contributed by atoms with E-state index in [1.165, 1.54) is 31.5 Å². The second-order valence-electron chi connectivity index (χ2n) is 3.56. The van der Waals surface area contributed by atoms with E-state index in [0.29, 0.717) is 0 Å². The molecule has 0 rings (SSSR count). The number of hydrogen-bond donors (Lipinski definition) is 1. The van der Waals surface area contributed by atoms with Gasteiger partial charge in [-0.25, -0.2) is 0 Å². The molecule has 0 aromatic carbocycles. The van der Waals surface area contributed by atoms with Gasteiger partial charge in [0.2, 0.25) is 0 Å². The molecule has 0 unspecified atom stereocenters. The Kier molecular flexibility index (Phi) is 8.05. The summed E-state index contributed by atoms with van der Waals surface area (Å²) < 4.78 is 0. The van der Waals surface area contributed by atoms with Crippen LogP contribution in [0.25, 0.3) is 0 Å². The molecule has 0 radical (unpaired) electrons. The van der Waals surface area contributed by atoms with Crippen LogP contribution < -0.4 is 5.32 Å². The van der Waals surface area contributed by atoms with Crippen LogP contribution in [0.5, 0.6) is 0 Å². The Labute approximate surface area is 83.0 Å². The molecule has 78 valence electrons. The third kappa shape index (κ3) is 6.79. The molecule has 0 aliphatic heterocycles. The summed E-state index contributed by atoms with van der Waals surface area (Å²) in [5, 5.41) is 3.13. The highest BCUT2D eigenvalue weighted by Crippen LogP contribution is 1.98. The summed E-state index contributed by atoms with van der Waals surface area (Å²) in [6.07, 6.45) is 2.46. The zero-order valence-electron chi connectivity index (χ0n) is 9.40. The molecule has 0 fully saturated rings. The maximum atomic E-state index is 4.04. The summed E-state index contributed by atoms with van der Waals surface area (Å²) in [4.78, 5) is 2.47. The van der Waals surface area contributed by atoms with E-state index >= 15 is 0 Å². The van der Waals surface area contributed by atoms with Gasteiger partial charge in [0.15, 0.2) is 0 Å². The highest BCUT2D eigenvalue weighted by Gasteiger charge is 2.03. The highest BCUT2D eigenvalue weighted by atomic mass is 15.1. The first kappa shape index (κ1) is 12.7. The molecule has 0 aromatic heterocycles.